The third kappa shape index (κ3) is 8.24. The molecule has 1 aromatic rings. The number of hydrogen-bond donors (Lipinski definition) is 2. The van der Waals surface area contributed by atoms with Crippen molar-refractivity contribution >= 4 is 21.6 Å². The van der Waals surface area contributed by atoms with Gasteiger partial charge in [-0.25, -0.2) is 0 Å². The van der Waals surface area contributed by atoms with E-state index in [1.165, 1.54) is 19.3 Å². The van der Waals surface area contributed by atoms with Gasteiger partial charge in [-0.05, 0) is 24.6 Å². The van der Waals surface area contributed by atoms with E-state index in [0.717, 1.165) is 23.2 Å². The lowest BCUT2D eigenvalue weighted by Crippen LogP contribution is -2.25. The van der Waals surface area contributed by atoms with Crippen LogP contribution in [0.4, 0.5) is 5.69 Å². The quantitative estimate of drug-likeness (QED) is 0.641. The molecule has 0 saturated carbocycles. The number of nitrogens with one attached hydrogen (secondary N) is 1. The van der Waals surface area contributed by atoms with Crippen molar-refractivity contribution in [1.82, 2.24) is 0 Å². The molecule has 0 aliphatic carbocycles. The summed E-state index contributed by atoms with van der Waals surface area (Å²) in [6, 6.07) is 7.89. The second-order valence-electron chi connectivity index (χ2n) is 4.68. The smallest absolute Gasteiger partial charge is 0.0945 e. The molecule has 0 aromatic heterocycles. The van der Waals surface area contributed by atoms with Crippen molar-refractivity contribution in [3.05, 3.63) is 28.7 Å². The van der Waals surface area contributed by atoms with Crippen molar-refractivity contribution in [1.29, 1.82) is 0 Å². The zero-order chi connectivity index (χ0) is 13.9. The molecule has 0 spiro atoms. The highest BCUT2D eigenvalue weighted by molar-refractivity contribution is 9.10. The number of hydrogen-bond acceptors (Lipinski definition) is 3. The van der Waals surface area contributed by atoms with Gasteiger partial charge in [-0.1, -0.05) is 48.2 Å². The van der Waals surface area contributed by atoms with E-state index >= 15 is 0 Å². The Kier molecular flexibility index (Phi) is 8.88. The minimum atomic E-state index is -0.467. The van der Waals surface area contributed by atoms with E-state index in [4.69, 9.17) is 4.74 Å². The number of anilines is 1. The van der Waals surface area contributed by atoms with E-state index in [1.807, 2.05) is 24.3 Å². The molecule has 1 unspecified atom stereocenters. The first-order chi connectivity index (χ1) is 9.22. The molecule has 19 heavy (non-hydrogen) atoms. The largest absolute Gasteiger partial charge is 0.389 e. The van der Waals surface area contributed by atoms with Crippen LogP contribution in [0.15, 0.2) is 28.7 Å². The van der Waals surface area contributed by atoms with Gasteiger partial charge in [0.05, 0.1) is 12.7 Å². The molecule has 1 atom stereocenters. The van der Waals surface area contributed by atoms with Gasteiger partial charge in [0, 0.05) is 23.3 Å². The van der Waals surface area contributed by atoms with Crippen LogP contribution in [-0.2, 0) is 4.74 Å². The maximum atomic E-state index is 9.78. The molecule has 0 fully saturated rings. The summed E-state index contributed by atoms with van der Waals surface area (Å²) in [4.78, 5) is 0. The Morgan fingerprint density at radius 2 is 2.16 bits per heavy atom. The first-order valence-corrected chi connectivity index (χ1v) is 7.77. The van der Waals surface area contributed by atoms with Crippen molar-refractivity contribution in [2.24, 2.45) is 0 Å². The first kappa shape index (κ1) is 16.5. The predicted octanol–water partition coefficient (Wildman–Crippen LogP) is 3.82. The summed E-state index contributed by atoms with van der Waals surface area (Å²) in [5, 5.41) is 13.0. The third-order valence-electron chi connectivity index (χ3n) is 2.82. The second kappa shape index (κ2) is 10.2. The Morgan fingerprint density at radius 3 is 2.89 bits per heavy atom. The molecule has 3 nitrogen and oxygen atoms in total. The zero-order valence-electron chi connectivity index (χ0n) is 11.6. The Balaban J connectivity index is 2.06. The standard InChI is InChI=1S/C15H24BrNO2/c1-2-3-4-5-9-19-12-15(18)11-17-14-8-6-7-13(16)10-14/h6-8,10,15,17-18H,2-5,9,11-12H2,1H3. The summed E-state index contributed by atoms with van der Waals surface area (Å²) >= 11 is 3.41. The van der Waals surface area contributed by atoms with E-state index in [0.29, 0.717) is 13.2 Å². The van der Waals surface area contributed by atoms with Gasteiger partial charge in [0.2, 0.25) is 0 Å². The highest BCUT2D eigenvalue weighted by Gasteiger charge is 2.04. The number of ether oxygens (including phenoxy) is 1. The Hall–Kier alpha value is -0.580. The number of benzene rings is 1. The number of aliphatic hydroxyl groups is 1. The highest BCUT2D eigenvalue weighted by atomic mass is 79.9. The highest BCUT2D eigenvalue weighted by Crippen LogP contribution is 2.15. The van der Waals surface area contributed by atoms with Crippen LogP contribution in [0.3, 0.4) is 0 Å². The van der Waals surface area contributed by atoms with E-state index in [9.17, 15) is 5.11 Å². The molecule has 0 aliphatic heterocycles. The predicted molar refractivity (Wildman–Crippen MR) is 83.6 cm³/mol. The molecule has 108 valence electrons. The summed E-state index contributed by atoms with van der Waals surface area (Å²) in [6.45, 7) is 3.84. The van der Waals surface area contributed by atoms with Gasteiger partial charge in [0.1, 0.15) is 0 Å². The lowest BCUT2D eigenvalue weighted by Gasteiger charge is -2.13. The van der Waals surface area contributed by atoms with E-state index in [-0.39, 0.29) is 0 Å². The fourth-order valence-electron chi connectivity index (χ4n) is 1.74. The fourth-order valence-corrected chi connectivity index (χ4v) is 2.14. The van der Waals surface area contributed by atoms with Crippen LogP contribution in [0.5, 0.6) is 0 Å². The number of halogens is 1. The van der Waals surface area contributed by atoms with E-state index in [2.05, 4.69) is 28.2 Å². The molecule has 0 amide bonds. The van der Waals surface area contributed by atoms with Crippen LogP contribution in [-0.4, -0.2) is 31.0 Å². The minimum Gasteiger partial charge on any atom is -0.389 e. The topological polar surface area (TPSA) is 41.5 Å². The van der Waals surface area contributed by atoms with Crippen molar-refractivity contribution in [2.75, 3.05) is 25.1 Å². The molecule has 0 radical (unpaired) electrons. The fraction of sp³-hybridized carbons (Fsp3) is 0.600. The van der Waals surface area contributed by atoms with Crippen molar-refractivity contribution in [3.63, 3.8) is 0 Å². The lowest BCUT2D eigenvalue weighted by atomic mass is 10.2. The molecule has 1 aromatic carbocycles. The molecule has 0 bridgehead atoms. The van der Waals surface area contributed by atoms with Crippen LogP contribution in [0.2, 0.25) is 0 Å². The van der Waals surface area contributed by atoms with Crippen LogP contribution >= 0.6 is 15.9 Å². The summed E-state index contributed by atoms with van der Waals surface area (Å²) in [6.07, 6.45) is 4.32. The maximum Gasteiger partial charge on any atom is 0.0945 e. The van der Waals surface area contributed by atoms with Gasteiger partial charge in [0.25, 0.3) is 0 Å². The lowest BCUT2D eigenvalue weighted by molar-refractivity contribution is 0.0417. The number of rotatable bonds is 10. The van der Waals surface area contributed by atoms with Gasteiger partial charge in [0.15, 0.2) is 0 Å². The van der Waals surface area contributed by atoms with Crippen LogP contribution < -0.4 is 5.32 Å². The monoisotopic (exact) mass is 329 g/mol. The average molecular weight is 330 g/mol. The Morgan fingerprint density at radius 1 is 1.32 bits per heavy atom. The first-order valence-electron chi connectivity index (χ1n) is 6.97. The third-order valence-corrected chi connectivity index (χ3v) is 3.31. The summed E-state index contributed by atoms with van der Waals surface area (Å²) in [5.41, 5.74) is 0.997. The van der Waals surface area contributed by atoms with Gasteiger partial charge in [-0.2, -0.15) is 0 Å². The van der Waals surface area contributed by atoms with Crippen LogP contribution in [0.25, 0.3) is 0 Å². The molecule has 0 aliphatic rings. The normalized spacial score (nSPS) is 12.4. The van der Waals surface area contributed by atoms with Crippen LogP contribution in [0.1, 0.15) is 32.6 Å². The Labute approximate surface area is 124 Å². The molecular formula is C15H24BrNO2. The van der Waals surface area contributed by atoms with Crippen LogP contribution in [0, 0.1) is 0 Å². The molecule has 2 N–H and O–H groups in total. The zero-order valence-corrected chi connectivity index (χ0v) is 13.2. The summed E-state index contributed by atoms with van der Waals surface area (Å²) in [7, 11) is 0. The van der Waals surface area contributed by atoms with Gasteiger partial charge < -0.3 is 15.2 Å². The summed E-state index contributed by atoms with van der Waals surface area (Å²) < 4.78 is 6.48. The molecule has 1 rings (SSSR count). The number of aliphatic hydroxyl groups excluding tert-OH is 1. The van der Waals surface area contributed by atoms with Crippen molar-refractivity contribution in [2.45, 2.75) is 38.7 Å². The SMILES string of the molecule is CCCCCCOCC(O)CNc1cccc(Br)c1. The average Bonchev–Trinajstić information content (AvgIpc) is 2.40. The molecule has 0 saturated heterocycles. The van der Waals surface area contributed by atoms with Gasteiger partial charge in [-0.3, -0.25) is 0 Å². The Bertz CT molecular complexity index is 347. The van der Waals surface area contributed by atoms with Crippen molar-refractivity contribution < 1.29 is 9.84 Å². The molecular weight excluding hydrogens is 306 g/mol. The molecule has 0 heterocycles. The van der Waals surface area contributed by atoms with Crippen molar-refractivity contribution in [3.8, 4) is 0 Å². The number of unbranched alkanes of at least 4 members (excludes halogenated alkanes) is 3. The molecule has 4 heteroatoms. The van der Waals surface area contributed by atoms with Gasteiger partial charge in [-0.15, -0.1) is 0 Å². The van der Waals surface area contributed by atoms with E-state index in [1.54, 1.807) is 0 Å². The van der Waals surface area contributed by atoms with Gasteiger partial charge >= 0.3 is 0 Å². The van der Waals surface area contributed by atoms with E-state index < -0.39 is 6.10 Å². The summed E-state index contributed by atoms with van der Waals surface area (Å²) in [5.74, 6) is 0. The maximum absolute atomic E-state index is 9.78. The minimum absolute atomic E-state index is 0.396. The second-order valence-corrected chi connectivity index (χ2v) is 5.60.